The summed E-state index contributed by atoms with van der Waals surface area (Å²) in [6.45, 7) is 0.204. The van der Waals surface area contributed by atoms with Crippen molar-refractivity contribution in [3.8, 4) is 34.0 Å². The van der Waals surface area contributed by atoms with Crippen LogP contribution in [0.5, 0.6) is 11.5 Å². The van der Waals surface area contributed by atoms with Crippen LogP contribution in [0.2, 0.25) is 0 Å². The molecule has 33 heavy (non-hydrogen) atoms. The molecule has 0 saturated carbocycles. The van der Waals surface area contributed by atoms with Crippen molar-refractivity contribution in [1.82, 2.24) is 24.6 Å². The molecular weight excluding hydrogens is 425 g/mol. The van der Waals surface area contributed by atoms with Gasteiger partial charge in [0, 0.05) is 48.9 Å². The van der Waals surface area contributed by atoms with E-state index in [4.69, 9.17) is 9.47 Å². The number of methoxy groups -OCH3 is 1. The van der Waals surface area contributed by atoms with Crippen LogP contribution in [0.25, 0.3) is 33.4 Å². The summed E-state index contributed by atoms with van der Waals surface area (Å²) < 4.78 is 27.8. The molecule has 2 atom stereocenters. The highest BCUT2D eigenvalue weighted by atomic mass is 19.1. The summed E-state index contributed by atoms with van der Waals surface area (Å²) in [5.74, 6) is 0.856. The molecule has 8 nitrogen and oxygen atoms in total. The highest BCUT2D eigenvalue weighted by molar-refractivity contribution is 5.97. The molecule has 2 aromatic heterocycles. The second-order valence-electron chi connectivity index (χ2n) is 8.02. The molecule has 0 radical (unpaired) electrons. The van der Waals surface area contributed by atoms with E-state index in [0.717, 1.165) is 22.2 Å². The maximum atomic E-state index is 14.5. The van der Waals surface area contributed by atoms with Crippen molar-refractivity contribution < 1.29 is 19.0 Å². The number of aromatic nitrogens is 4. The lowest BCUT2D eigenvalue weighted by atomic mass is 10.0. The minimum Gasteiger partial charge on any atom is -0.493 e. The van der Waals surface area contributed by atoms with Crippen LogP contribution in [0.15, 0.2) is 55.0 Å². The second kappa shape index (κ2) is 8.76. The number of hydrogen-bond donors (Lipinski definition) is 1. The zero-order valence-electron chi connectivity index (χ0n) is 18.3. The molecule has 1 N–H and O–H groups in total. The number of fused-ring (bicyclic) bond motifs is 1. The minimum absolute atomic E-state index is 0.127. The number of halogens is 1. The van der Waals surface area contributed by atoms with Crippen LogP contribution in [-0.4, -0.2) is 69.0 Å². The van der Waals surface area contributed by atoms with Crippen molar-refractivity contribution in [2.45, 2.75) is 12.3 Å². The average molecular weight is 449 g/mol. The molecule has 0 unspecified atom stereocenters. The Morgan fingerprint density at radius 3 is 2.64 bits per heavy atom. The molecule has 0 aliphatic carbocycles. The molecule has 0 bridgehead atoms. The quantitative estimate of drug-likeness (QED) is 0.484. The number of rotatable bonds is 6. The van der Waals surface area contributed by atoms with Crippen LogP contribution in [0.1, 0.15) is 0 Å². The molecule has 1 fully saturated rings. The Labute approximate surface area is 190 Å². The highest BCUT2D eigenvalue weighted by Gasteiger charge is 2.35. The molecule has 3 heterocycles. The lowest BCUT2D eigenvalue weighted by Crippen LogP contribution is -2.28. The first-order chi connectivity index (χ1) is 16.1. The first-order valence-electron chi connectivity index (χ1n) is 10.6. The summed E-state index contributed by atoms with van der Waals surface area (Å²) in [7, 11) is 3.40. The summed E-state index contributed by atoms with van der Waals surface area (Å²) in [5.41, 5.74) is 3.99. The molecule has 1 aliphatic rings. The van der Waals surface area contributed by atoms with E-state index in [9.17, 15) is 9.50 Å². The SMILES string of the molecule is COc1cc2ncnc(-c3cn(C)nc3-c3ccccc3)c2cc1O[C@@H]1CN(CO)C[C@H]1F. The first kappa shape index (κ1) is 21.3. The summed E-state index contributed by atoms with van der Waals surface area (Å²) in [6.07, 6.45) is 1.50. The monoisotopic (exact) mass is 449 g/mol. The largest absolute Gasteiger partial charge is 0.493 e. The van der Waals surface area contributed by atoms with Gasteiger partial charge in [-0.1, -0.05) is 30.3 Å². The fourth-order valence-corrected chi connectivity index (χ4v) is 4.20. The van der Waals surface area contributed by atoms with Crippen LogP contribution in [0.3, 0.4) is 0 Å². The van der Waals surface area contributed by atoms with E-state index in [0.29, 0.717) is 22.7 Å². The van der Waals surface area contributed by atoms with Crippen molar-refractivity contribution in [2.24, 2.45) is 7.05 Å². The lowest BCUT2D eigenvalue weighted by Gasteiger charge is -2.18. The van der Waals surface area contributed by atoms with Gasteiger partial charge < -0.3 is 14.6 Å². The van der Waals surface area contributed by atoms with Gasteiger partial charge in [0.25, 0.3) is 0 Å². The van der Waals surface area contributed by atoms with Crippen LogP contribution in [0.4, 0.5) is 4.39 Å². The van der Waals surface area contributed by atoms with Gasteiger partial charge in [0.2, 0.25) is 0 Å². The second-order valence-corrected chi connectivity index (χ2v) is 8.02. The molecular formula is C24H24FN5O3. The van der Waals surface area contributed by atoms with E-state index < -0.39 is 12.3 Å². The molecule has 1 saturated heterocycles. The normalized spacial score (nSPS) is 18.7. The number of aryl methyl sites for hydroxylation is 1. The third-order valence-corrected chi connectivity index (χ3v) is 5.80. The Bertz CT molecular complexity index is 1280. The topological polar surface area (TPSA) is 85.5 Å². The number of alkyl halides is 1. The average Bonchev–Trinajstić information content (AvgIpc) is 3.40. The summed E-state index contributed by atoms with van der Waals surface area (Å²) in [5, 5.41) is 14.7. The van der Waals surface area contributed by atoms with Gasteiger partial charge in [0.15, 0.2) is 17.7 Å². The molecule has 1 aliphatic heterocycles. The number of aliphatic hydroxyl groups is 1. The maximum Gasteiger partial charge on any atom is 0.162 e. The van der Waals surface area contributed by atoms with E-state index in [-0.39, 0.29) is 19.8 Å². The molecule has 4 aromatic rings. The molecule has 170 valence electrons. The molecule has 2 aromatic carbocycles. The van der Waals surface area contributed by atoms with E-state index in [1.165, 1.54) is 13.4 Å². The maximum absolute atomic E-state index is 14.5. The number of aliphatic hydroxyl groups excluding tert-OH is 1. The van der Waals surface area contributed by atoms with E-state index in [1.807, 2.05) is 43.6 Å². The van der Waals surface area contributed by atoms with Gasteiger partial charge in [-0.05, 0) is 6.07 Å². The third-order valence-electron chi connectivity index (χ3n) is 5.80. The standard InChI is InChI=1S/C24H24FN5O3/c1-29-10-17(23(28-29)15-6-4-3-5-7-15)24-16-8-21(20(32-2)9-19(16)26-13-27-24)33-22-12-30(14-31)11-18(22)25/h3-10,13,18,22,31H,11-12,14H2,1-2H3/t18-,22-/m1/s1. The molecule has 0 spiro atoms. The number of likely N-dealkylation sites (tertiary alicyclic amines) is 1. The van der Waals surface area contributed by atoms with Crippen molar-refractivity contribution in [1.29, 1.82) is 0 Å². The fourth-order valence-electron chi connectivity index (χ4n) is 4.20. The van der Waals surface area contributed by atoms with E-state index in [1.54, 1.807) is 21.7 Å². The van der Waals surface area contributed by atoms with Crippen molar-refractivity contribution in [2.75, 3.05) is 26.9 Å². The number of nitrogens with zero attached hydrogens (tertiary/aromatic N) is 5. The Morgan fingerprint density at radius 2 is 1.91 bits per heavy atom. The number of ether oxygens (including phenoxy) is 2. The molecule has 9 heteroatoms. The Balaban J connectivity index is 1.62. The summed E-state index contributed by atoms with van der Waals surface area (Å²) >= 11 is 0. The van der Waals surface area contributed by atoms with Crippen molar-refractivity contribution in [3.63, 3.8) is 0 Å². The smallest absolute Gasteiger partial charge is 0.162 e. The first-order valence-corrected chi connectivity index (χ1v) is 10.6. The Kier molecular flexibility index (Phi) is 5.65. The van der Waals surface area contributed by atoms with E-state index >= 15 is 0 Å². The lowest BCUT2D eigenvalue weighted by molar-refractivity contribution is 0.112. The van der Waals surface area contributed by atoms with Crippen LogP contribution in [-0.2, 0) is 7.05 Å². The van der Waals surface area contributed by atoms with Gasteiger partial charge in [-0.2, -0.15) is 5.10 Å². The van der Waals surface area contributed by atoms with Crippen molar-refractivity contribution >= 4 is 10.9 Å². The van der Waals surface area contributed by atoms with Crippen LogP contribution in [0, 0.1) is 0 Å². The zero-order chi connectivity index (χ0) is 22.9. The summed E-state index contributed by atoms with van der Waals surface area (Å²) in [6, 6.07) is 13.4. The van der Waals surface area contributed by atoms with Gasteiger partial charge >= 0.3 is 0 Å². The number of benzene rings is 2. The predicted molar refractivity (Wildman–Crippen MR) is 122 cm³/mol. The minimum atomic E-state index is -1.22. The molecule has 5 rings (SSSR count). The molecule has 0 amide bonds. The number of hydrogen-bond acceptors (Lipinski definition) is 7. The van der Waals surface area contributed by atoms with E-state index in [2.05, 4.69) is 15.1 Å². The van der Waals surface area contributed by atoms with Gasteiger partial charge in [-0.25, -0.2) is 14.4 Å². The van der Waals surface area contributed by atoms with Crippen molar-refractivity contribution in [3.05, 3.63) is 55.0 Å². The van der Waals surface area contributed by atoms with Gasteiger partial charge in [-0.15, -0.1) is 0 Å². The Hall–Kier alpha value is -3.56. The van der Waals surface area contributed by atoms with Gasteiger partial charge in [0.05, 0.1) is 25.1 Å². The predicted octanol–water partition coefficient (Wildman–Crippen LogP) is 3.06. The van der Waals surface area contributed by atoms with Crippen LogP contribution >= 0.6 is 0 Å². The summed E-state index contributed by atoms with van der Waals surface area (Å²) in [4.78, 5) is 10.6. The zero-order valence-corrected chi connectivity index (χ0v) is 18.3. The van der Waals surface area contributed by atoms with Gasteiger partial charge in [0.1, 0.15) is 18.1 Å². The highest BCUT2D eigenvalue weighted by Crippen LogP contribution is 2.39. The fraction of sp³-hybridized carbons (Fsp3) is 0.292. The third kappa shape index (κ3) is 4.01. The van der Waals surface area contributed by atoms with Gasteiger partial charge in [-0.3, -0.25) is 9.58 Å². The Morgan fingerprint density at radius 1 is 1.09 bits per heavy atom. The van der Waals surface area contributed by atoms with Crippen LogP contribution < -0.4 is 9.47 Å².